The predicted octanol–water partition coefficient (Wildman–Crippen LogP) is 24.9. The quantitative estimate of drug-likeness (QED) is 0.146. The molecule has 16 aromatic carbocycles. The lowest BCUT2D eigenvalue weighted by molar-refractivity contribution is 0.623. The van der Waals surface area contributed by atoms with Crippen LogP contribution in [0.2, 0.25) is 0 Å². The molecule has 0 spiro atoms. The fraction of sp³-hybridized carbons (Fsp3) is 0.0270. The minimum atomic E-state index is -0.198. The number of thiophene rings is 2. The molecular formula is C111H74B3N7O2S2. The molecule has 0 radical (unpaired) electrons. The summed E-state index contributed by atoms with van der Waals surface area (Å²) in [4.78, 5) is 14.7. The minimum Gasteiger partial charge on any atom is -0.468 e. The first-order valence-corrected chi connectivity index (χ1v) is 44.6. The van der Waals surface area contributed by atoms with E-state index in [1.165, 1.54) is 164 Å². The van der Waals surface area contributed by atoms with Gasteiger partial charge in [-0.3, -0.25) is 14.4 Å². The number of fused-ring (bicyclic) bond motifs is 23. The molecule has 9 nitrogen and oxygen atoms in total. The number of hydrogen-bond donors (Lipinski definition) is 0. The molecule has 0 bridgehead atoms. The van der Waals surface area contributed by atoms with Gasteiger partial charge in [-0.05, 0) is 201 Å². The van der Waals surface area contributed by atoms with E-state index in [4.69, 9.17) is 8.83 Å². The molecule has 7 aliphatic rings. The van der Waals surface area contributed by atoms with Crippen LogP contribution in [0.3, 0.4) is 0 Å². The number of rotatable bonds is 7. The van der Waals surface area contributed by atoms with Crippen LogP contribution in [0.5, 0.6) is 0 Å². The van der Waals surface area contributed by atoms with Crippen molar-refractivity contribution in [1.29, 1.82) is 0 Å². The molecule has 0 N–H and O–H groups in total. The summed E-state index contributed by atoms with van der Waals surface area (Å²) in [7, 11) is 0. The molecule has 1 aliphatic carbocycles. The summed E-state index contributed by atoms with van der Waals surface area (Å²) in [5.74, 6) is 2.12. The van der Waals surface area contributed by atoms with Crippen molar-refractivity contribution in [2.24, 2.45) is 0 Å². The molecule has 6 aliphatic heterocycles. The Hall–Kier alpha value is -15.2. The molecule has 11 heterocycles. The van der Waals surface area contributed by atoms with Crippen LogP contribution >= 0.6 is 22.7 Å². The summed E-state index contributed by atoms with van der Waals surface area (Å²) in [5, 5.41) is 7.45. The van der Waals surface area contributed by atoms with Crippen LogP contribution in [0.4, 0.5) is 96.3 Å². The highest BCUT2D eigenvalue weighted by Gasteiger charge is 2.56. The van der Waals surface area contributed by atoms with Gasteiger partial charge in [0, 0.05) is 126 Å². The summed E-state index contributed by atoms with van der Waals surface area (Å²) >= 11 is 3.77. The highest BCUT2D eigenvalue weighted by Crippen LogP contribution is 2.58. The first-order valence-electron chi connectivity index (χ1n) is 43.0. The molecule has 0 saturated carbocycles. The summed E-state index contributed by atoms with van der Waals surface area (Å²) in [6, 6.07) is 148. The molecule has 0 saturated heterocycles. The molecule has 5 aromatic heterocycles. The highest BCUT2D eigenvalue weighted by atomic mass is 32.1. The fourth-order valence-electron chi connectivity index (χ4n) is 21.8. The van der Waals surface area contributed by atoms with Gasteiger partial charge < -0.3 is 28.4 Å². The van der Waals surface area contributed by atoms with Gasteiger partial charge in [-0.1, -0.05) is 274 Å². The normalized spacial score (nSPS) is 14.2. The number of allylic oxidation sites excluding steroid dienone is 1. The molecule has 586 valence electrons. The zero-order valence-electron chi connectivity index (χ0n) is 68.3. The minimum absolute atomic E-state index is 0.00956. The number of hydrogen-bond acceptors (Lipinski definition) is 10. The second-order valence-corrected chi connectivity index (χ2v) is 35.7. The molecule has 0 atom stereocenters. The lowest BCUT2D eigenvalue weighted by Gasteiger charge is -2.45. The Morgan fingerprint density at radius 1 is 0.272 bits per heavy atom. The van der Waals surface area contributed by atoms with Crippen LogP contribution < -0.4 is 72.6 Å². The van der Waals surface area contributed by atoms with Crippen molar-refractivity contribution >= 4 is 241 Å². The molecule has 14 heteroatoms. The molecule has 0 unspecified atom stereocenters. The van der Waals surface area contributed by atoms with Crippen molar-refractivity contribution in [2.75, 3.05) is 29.4 Å². The van der Waals surface area contributed by atoms with Gasteiger partial charge in [0.2, 0.25) is 5.88 Å². The van der Waals surface area contributed by atoms with Gasteiger partial charge in [0.1, 0.15) is 17.0 Å². The van der Waals surface area contributed by atoms with Gasteiger partial charge in [0.15, 0.2) is 0 Å². The average molecular weight is 1630 g/mol. The maximum absolute atomic E-state index is 6.85. The monoisotopic (exact) mass is 1630 g/mol. The summed E-state index contributed by atoms with van der Waals surface area (Å²) in [6.45, 7) is 4.99. The number of nitrogens with zero attached hydrogens (tertiary/aromatic N) is 7. The van der Waals surface area contributed by atoms with E-state index in [0.717, 1.165) is 56.5 Å². The standard InChI is InChI=1S/C43H32BN3.2C34H21BN2OS/c1-43(2)34-25-14-12-23-32(34)40-41(43)44-38-33-24-13-15-26-35(33)46(30-19-8-4-9-20-30)42(38)47(31-21-10-5-11-22-31)37-28-16-27-36(39(37)44)45(40)29-17-6-3-7-18-29;1-3-12-22(13-4-1)36-26-18-11-19-27-31(26)35(33-32(36)24-16-7-9-20-28(24)38-33)30-25-17-8-10-21-29(25)39-34(30)37(27)23-14-5-2-6-15-23;1-3-12-22(13-4-1)36-26-18-11-19-27-31(26)35(33-32(36)25-17-8-10-21-29(25)39-33)30-24-16-7-9-20-28(24)38-34(30)37(27)23-14-5-2-6-15-23/h3-28H,1-2H3;2*1-21H. The van der Waals surface area contributed by atoms with Gasteiger partial charge >= 0.3 is 0 Å². The second-order valence-electron chi connectivity index (χ2n) is 33.6. The molecule has 28 rings (SSSR count). The van der Waals surface area contributed by atoms with Crippen molar-refractivity contribution < 1.29 is 8.83 Å². The van der Waals surface area contributed by atoms with E-state index in [0.29, 0.717) is 0 Å². The number of anilines is 17. The Labute approximate surface area is 732 Å². The van der Waals surface area contributed by atoms with Crippen molar-refractivity contribution in [3.05, 3.63) is 429 Å². The Bertz CT molecular complexity index is 7670. The highest BCUT2D eigenvalue weighted by molar-refractivity contribution is 7.34. The molecular weight excluding hydrogens is 1560 g/mol. The lowest BCUT2D eigenvalue weighted by Crippen LogP contribution is -2.60. The van der Waals surface area contributed by atoms with Crippen LogP contribution in [-0.2, 0) is 5.41 Å². The van der Waals surface area contributed by atoms with Crippen molar-refractivity contribution in [3.63, 3.8) is 0 Å². The number of aromatic nitrogens is 1. The van der Waals surface area contributed by atoms with Crippen molar-refractivity contribution in [2.45, 2.75) is 19.3 Å². The number of para-hydroxylation sites is 10. The zero-order chi connectivity index (χ0) is 82.3. The van der Waals surface area contributed by atoms with E-state index in [1.54, 1.807) is 0 Å². The maximum atomic E-state index is 6.85. The van der Waals surface area contributed by atoms with Crippen molar-refractivity contribution in [1.82, 2.24) is 4.57 Å². The molecule has 0 amide bonds. The molecule has 21 aromatic rings. The van der Waals surface area contributed by atoms with E-state index in [1.807, 2.05) is 22.7 Å². The Morgan fingerprint density at radius 3 is 1.28 bits per heavy atom. The summed E-state index contributed by atoms with van der Waals surface area (Å²) in [5.41, 5.74) is 35.0. The third-order valence-corrected chi connectivity index (χ3v) is 29.0. The van der Waals surface area contributed by atoms with E-state index >= 15 is 0 Å². The largest absolute Gasteiger partial charge is 0.468 e. The Morgan fingerprint density at radius 2 is 0.680 bits per heavy atom. The Balaban J connectivity index is 0.000000101. The lowest BCUT2D eigenvalue weighted by atomic mass is 9.30. The van der Waals surface area contributed by atoms with Crippen LogP contribution in [0.25, 0.3) is 64.4 Å². The zero-order valence-corrected chi connectivity index (χ0v) is 69.9. The van der Waals surface area contributed by atoms with Crippen LogP contribution in [0.1, 0.15) is 25.0 Å². The average Bonchev–Trinajstić information content (AvgIpc) is 1.53. The van der Waals surface area contributed by atoms with Gasteiger partial charge in [0.25, 0.3) is 20.1 Å². The second kappa shape index (κ2) is 27.9. The van der Waals surface area contributed by atoms with Crippen LogP contribution in [-0.4, -0.2) is 24.7 Å². The maximum Gasteiger partial charge on any atom is 0.298 e. The van der Waals surface area contributed by atoms with Gasteiger partial charge in [-0.2, -0.15) is 0 Å². The first kappa shape index (κ1) is 71.5. The first-order chi connectivity index (χ1) is 61.9. The molecule has 125 heavy (non-hydrogen) atoms. The third-order valence-electron chi connectivity index (χ3n) is 26.7. The van der Waals surface area contributed by atoms with E-state index in [2.05, 4.69) is 460 Å². The van der Waals surface area contributed by atoms with Crippen LogP contribution in [0, 0.1) is 0 Å². The third kappa shape index (κ3) is 10.4. The van der Waals surface area contributed by atoms with E-state index in [9.17, 15) is 0 Å². The van der Waals surface area contributed by atoms with Crippen molar-refractivity contribution in [3.8, 4) is 5.69 Å². The summed E-state index contributed by atoms with van der Waals surface area (Å²) in [6.07, 6.45) is 0. The number of benzene rings is 16. The summed E-state index contributed by atoms with van der Waals surface area (Å²) < 4.78 is 20.0. The fourth-order valence-corrected chi connectivity index (χ4v) is 24.4. The predicted molar refractivity (Wildman–Crippen MR) is 529 cm³/mol. The van der Waals surface area contributed by atoms with Gasteiger partial charge in [-0.25, -0.2) is 0 Å². The van der Waals surface area contributed by atoms with Gasteiger partial charge in [0.05, 0.1) is 27.6 Å². The topological polar surface area (TPSA) is 50.7 Å². The molecule has 0 fully saturated rings. The van der Waals surface area contributed by atoms with Gasteiger partial charge in [-0.15, -0.1) is 22.7 Å². The Kier molecular flexibility index (Phi) is 16.0. The van der Waals surface area contributed by atoms with E-state index < -0.39 is 0 Å². The SMILES string of the molecule is CC1(C)C2=C(c3ccccc31)N(c1ccccc1)c1cccc3c1B2c1c(n(-c2ccccc2)c2ccccc12)N3c1ccccc1.c1ccc(N2c3cccc4c3B(c3oc5ccccc5c3N4c3ccccc3)c3c2sc2ccccc32)cc1.c1ccc(N2c3cccc4c3B(c3sc5ccccc5c3N4c3ccccc3)c3c2oc2ccccc32)cc1. The van der Waals surface area contributed by atoms with E-state index in [-0.39, 0.29) is 25.6 Å². The number of furan rings is 2. The van der Waals surface area contributed by atoms with Crippen LogP contribution in [0.15, 0.2) is 427 Å². The smallest absolute Gasteiger partial charge is 0.298 e.